The number of thiocarbonyl (C=S) groups is 1. The molecular weight excluding hydrogens is 236 g/mol. The van der Waals surface area contributed by atoms with Gasteiger partial charge >= 0.3 is 0 Å². The van der Waals surface area contributed by atoms with Crippen molar-refractivity contribution >= 4 is 23.2 Å². The molecule has 1 heterocycles. The van der Waals surface area contributed by atoms with Crippen molar-refractivity contribution in [3.05, 3.63) is 18.0 Å². The molecule has 0 unspecified atom stereocenters. The molecule has 0 bridgehead atoms. The first kappa shape index (κ1) is 12.2. The molecule has 0 aromatic carbocycles. The van der Waals surface area contributed by atoms with Crippen molar-refractivity contribution < 1.29 is 5.11 Å². The predicted molar refractivity (Wildman–Crippen MR) is 69.8 cm³/mol. The molecule has 0 saturated heterocycles. The molecule has 1 aliphatic rings. The molecule has 1 aromatic heterocycles. The summed E-state index contributed by atoms with van der Waals surface area (Å²) >= 11 is 4.87. The molecule has 0 atom stereocenters. The first-order valence-corrected chi connectivity index (χ1v) is 6.13. The number of aliphatic hydroxyl groups is 1. The van der Waals surface area contributed by atoms with Crippen LogP contribution in [0.3, 0.4) is 0 Å². The molecule has 2 rings (SSSR count). The maximum atomic E-state index is 9.42. The molecule has 0 aliphatic heterocycles. The van der Waals surface area contributed by atoms with Crippen molar-refractivity contribution in [3.63, 3.8) is 0 Å². The minimum absolute atomic E-state index is 0.156. The molecule has 5 nitrogen and oxygen atoms in total. The molecule has 1 fully saturated rings. The number of aromatic nitrogens is 2. The lowest BCUT2D eigenvalue weighted by Crippen LogP contribution is -2.29. The Labute approximate surface area is 105 Å². The Morgan fingerprint density at radius 2 is 2.12 bits per heavy atom. The van der Waals surface area contributed by atoms with Gasteiger partial charge in [-0.15, -0.1) is 0 Å². The van der Waals surface area contributed by atoms with E-state index in [2.05, 4.69) is 15.3 Å². The van der Waals surface area contributed by atoms with Gasteiger partial charge in [0.1, 0.15) is 10.7 Å². The van der Waals surface area contributed by atoms with Gasteiger partial charge < -0.3 is 16.2 Å². The van der Waals surface area contributed by atoms with Gasteiger partial charge in [-0.1, -0.05) is 12.2 Å². The zero-order chi connectivity index (χ0) is 12.3. The summed E-state index contributed by atoms with van der Waals surface area (Å²) in [5.41, 5.74) is 6.09. The summed E-state index contributed by atoms with van der Waals surface area (Å²) in [6, 6.07) is 2.01. The maximum absolute atomic E-state index is 9.42. The number of anilines is 1. The third-order valence-electron chi connectivity index (χ3n) is 2.94. The Hall–Kier alpha value is -1.27. The van der Waals surface area contributed by atoms with Gasteiger partial charge in [0.2, 0.25) is 5.95 Å². The van der Waals surface area contributed by atoms with Gasteiger partial charge in [0.15, 0.2) is 0 Å². The van der Waals surface area contributed by atoms with Crippen LogP contribution in [0.15, 0.2) is 12.3 Å². The van der Waals surface area contributed by atoms with E-state index in [4.69, 9.17) is 18.0 Å². The van der Waals surface area contributed by atoms with E-state index in [0.29, 0.717) is 17.7 Å². The molecule has 92 valence electrons. The molecule has 0 amide bonds. The third kappa shape index (κ3) is 3.34. The summed E-state index contributed by atoms with van der Waals surface area (Å²) in [6.07, 6.45) is 5.00. The fourth-order valence-corrected chi connectivity index (χ4v) is 2.08. The van der Waals surface area contributed by atoms with E-state index in [1.165, 1.54) is 0 Å². The van der Waals surface area contributed by atoms with Crippen LogP contribution < -0.4 is 11.1 Å². The normalized spacial score (nSPS) is 24.3. The van der Waals surface area contributed by atoms with Gasteiger partial charge in [0.25, 0.3) is 0 Å². The average Bonchev–Trinajstić information content (AvgIpc) is 2.32. The Balaban J connectivity index is 1.98. The highest BCUT2D eigenvalue weighted by Gasteiger charge is 2.19. The van der Waals surface area contributed by atoms with E-state index in [9.17, 15) is 5.11 Å². The standard InChI is InChI=1S/C11H16N4OS/c12-10(17)9-5-6-13-11(15-9)14-7-1-3-8(16)4-2-7/h5-8,16H,1-4H2,(H2,12,17)(H,13,14,15). The van der Waals surface area contributed by atoms with Crippen LogP contribution in [-0.4, -0.2) is 32.2 Å². The molecule has 17 heavy (non-hydrogen) atoms. The highest BCUT2D eigenvalue weighted by Crippen LogP contribution is 2.20. The number of hydrogen-bond acceptors (Lipinski definition) is 5. The average molecular weight is 252 g/mol. The van der Waals surface area contributed by atoms with E-state index in [0.717, 1.165) is 25.7 Å². The van der Waals surface area contributed by atoms with Crippen molar-refractivity contribution in [3.8, 4) is 0 Å². The van der Waals surface area contributed by atoms with Crippen molar-refractivity contribution in [1.29, 1.82) is 0 Å². The summed E-state index contributed by atoms with van der Waals surface area (Å²) in [4.78, 5) is 8.64. The van der Waals surface area contributed by atoms with Crippen molar-refractivity contribution in [2.75, 3.05) is 5.32 Å². The molecular formula is C11H16N4OS. The molecule has 1 aromatic rings. The molecule has 0 spiro atoms. The van der Waals surface area contributed by atoms with Crippen LogP contribution in [0.4, 0.5) is 5.95 Å². The zero-order valence-corrected chi connectivity index (χ0v) is 10.3. The second-order valence-electron chi connectivity index (χ2n) is 4.28. The number of aliphatic hydroxyl groups excluding tert-OH is 1. The first-order valence-electron chi connectivity index (χ1n) is 5.72. The van der Waals surface area contributed by atoms with E-state index in [1.54, 1.807) is 12.3 Å². The molecule has 0 radical (unpaired) electrons. The van der Waals surface area contributed by atoms with Crippen LogP contribution in [0.5, 0.6) is 0 Å². The maximum Gasteiger partial charge on any atom is 0.223 e. The highest BCUT2D eigenvalue weighted by molar-refractivity contribution is 7.80. The van der Waals surface area contributed by atoms with Crippen molar-refractivity contribution in [2.45, 2.75) is 37.8 Å². The summed E-state index contributed by atoms with van der Waals surface area (Å²) in [6.45, 7) is 0. The van der Waals surface area contributed by atoms with E-state index in [1.807, 2.05) is 0 Å². The minimum atomic E-state index is -0.156. The van der Waals surface area contributed by atoms with Crippen LogP contribution in [0.25, 0.3) is 0 Å². The fourth-order valence-electron chi connectivity index (χ4n) is 1.97. The Bertz CT molecular complexity index is 404. The quantitative estimate of drug-likeness (QED) is 0.691. The fraction of sp³-hybridized carbons (Fsp3) is 0.545. The second-order valence-corrected chi connectivity index (χ2v) is 4.72. The molecule has 6 heteroatoms. The molecule has 4 N–H and O–H groups in total. The van der Waals surface area contributed by atoms with Crippen LogP contribution in [0.2, 0.25) is 0 Å². The number of nitrogens with one attached hydrogen (secondary N) is 1. The molecule has 1 aliphatic carbocycles. The topological polar surface area (TPSA) is 84.1 Å². The van der Waals surface area contributed by atoms with Crippen LogP contribution in [0, 0.1) is 0 Å². The molecule has 1 saturated carbocycles. The van der Waals surface area contributed by atoms with Crippen LogP contribution in [-0.2, 0) is 0 Å². The summed E-state index contributed by atoms with van der Waals surface area (Å²) < 4.78 is 0. The van der Waals surface area contributed by atoms with Gasteiger partial charge in [-0.25, -0.2) is 9.97 Å². The predicted octanol–water partition coefficient (Wildman–Crippen LogP) is 0.826. The highest BCUT2D eigenvalue weighted by atomic mass is 32.1. The smallest absolute Gasteiger partial charge is 0.223 e. The second kappa shape index (κ2) is 5.37. The number of hydrogen-bond donors (Lipinski definition) is 3. The lowest BCUT2D eigenvalue weighted by atomic mass is 9.93. The SMILES string of the molecule is NC(=S)c1ccnc(NC2CCC(O)CC2)n1. The lowest BCUT2D eigenvalue weighted by Gasteiger charge is -2.26. The van der Waals surface area contributed by atoms with E-state index >= 15 is 0 Å². The third-order valence-corrected chi connectivity index (χ3v) is 3.15. The van der Waals surface area contributed by atoms with Gasteiger partial charge in [-0.05, 0) is 31.7 Å². The number of nitrogens with zero attached hydrogens (tertiary/aromatic N) is 2. The van der Waals surface area contributed by atoms with E-state index < -0.39 is 0 Å². The lowest BCUT2D eigenvalue weighted by molar-refractivity contribution is 0.126. The van der Waals surface area contributed by atoms with Crippen molar-refractivity contribution in [1.82, 2.24) is 9.97 Å². The zero-order valence-electron chi connectivity index (χ0n) is 9.47. The van der Waals surface area contributed by atoms with Gasteiger partial charge in [-0.2, -0.15) is 0 Å². The Kier molecular flexibility index (Phi) is 3.86. The Morgan fingerprint density at radius 1 is 1.41 bits per heavy atom. The first-order chi connectivity index (χ1) is 8.15. The van der Waals surface area contributed by atoms with E-state index in [-0.39, 0.29) is 11.1 Å². The van der Waals surface area contributed by atoms with Gasteiger partial charge in [0.05, 0.1) is 6.10 Å². The monoisotopic (exact) mass is 252 g/mol. The van der Waals surface area contributed by atoms with Crippen LogP contribution in [0.1, 0.15) is 31.4 Å². The summed E-state index contributed by atoms with van der Waals surface area (Å²) in [5.74, 6) is 0.552. The summed E-state index contributed by atoms with van der Waals surface area (Å²) in [5, 5.41) is 12.7. The van der Waals surface area contributed by atoms with Crippen molar-refractivity contribution in [2.24, 2.45) is 5.73 Å². The Morgan fingerprint density at radius 3 is 2.76 bits per heavy atom. The minimum Gasteiger partial charge on any atom is -0.393 e. The largest absolute Gasteiger partial charge is 0.393 e. The van der Waals surface area contributed by atoms with Gasteiger partial charge in [-0.3, -0.25) is 0 Å². The number of rotatable bonds is 3. The van der Waals surface area contributed by atoms with Crippen LogP contribution >= 0.6 is 12.2 Å². The number of nitrogens with two attached hydrogens (primary N) is 1. The summed E-state index contributed by atoms with van der Waals surface area (Å²) in [7, 11) is 0. The van der Waals surface area contributed by atoms with Gasteiger partial charge in [0, 0.05) is 12.2 Å².